The molecule has 0 aromatic heterocycles. The van der Waals surface area contributed by atoms with Crippen LogP contribution in [0.1, 0.15) is 32.3 Å². The van der Waals surface area contributed by atoms with Gasteiger partial charge < -0.3 is 54.3 Å². The molecule has 2 heterocycles. The number of carbonyl (C=O) groups excluding carboxylic acids is 2. The molecule has 0 spiro atoms. The Labute approximate surface area is 248 Å². The number of hydrogen-bond acceptors (Lipinski definition) is 13. The minimum Gasteiger partial charge on any atom is -0.508 e. The summed E-state index contributed by atoms with van der Waals surface area (Å²) in [5.74, 6) is -2.73. The molecule has 0 amide bonds. The highest BCUT2D eigenvalue weighted by molar-refractivity contribution is 5.87. The molecule has 0 radical (unpaired) electrons. The third-order valence-electron chi connectivity index (χ3n) is 7.94. The Kier molecular flexibility index (Phi) is 11.2. The zero-order valence-corrected chi connectivity index (χ0v) is 24.0. The van der Waals surface area contributed by atoms with Crippen LogP contribution in [-0.2, 0) is 33.3 Å². The van der Waals surface area contributed by atoms with Crippen molar-refractivity contribution in [1.82, 2.24) is 0 Å². The third-order valence-corrected chi connectivity index (χ3v) is 7.94. The van der Waals surface area contributed by atoms with Crippen molar-refractivity contribution in [2.45, 2.75) is 69.8 Å². The number of carbonyl (C=O) groups is 2. The van der Waals surface area contributed by atoms with Crippen LogP contribution in [0.3, 0.4) is 0 Å². The smallest absolute Gasteiger partial charge is 0.331 e. The van der Waals surface area contributed by atoms with Crippen molar-refractivity contribution in [2.75, 3.05) is 19.8 Å². The van der Waals surface area contributed by atoms with E-state index in [-0.39, 0.29) is 31.1 Å². The fraction of sp³-hybridized carbons (Fsp3) is 0.600. The highest BCUT2D eigenvalue weighted by atomic mass is 16.7. The maximum absolute atomic E-state index is 12.7. The summed E-state index contributed by atoms with van der Waals surface area (Å²) >= 11 is 0. The summed E-state index contributed by atoms with van der Waals surface area (Å²) in [4.78, 5) is 25.3. The second-order valence-corrected chi connectivity index (χ2v) is 11.5. The molecule has 6 N–H and O–H groups in total. The number of benzene rings is 1. The van der Waals surface area contributed by atoms with E-state index in [1.165, 1.54) is 30.5 Å². The number of fused-ring (bicyclic) bond motifs is 1. The van der Waals surface area contributed by atoms with Gasteiger partial charge in [-0.2, -0.15) is 0 Å². The fourth-order valence-electron chi connectivity index (χ4n) is 5.71. The van der Waals surface area contributed by atoms with Gasteiger partial charge in [-0.1, -0.05) is 26.0 Å². The van der Waals surface area contributed by atoms with Crippen molar-refractivity contribution in [3.63, 3.8) is 0 Å². The monoisotopic (exact) mass is 608 g/mol. The molecule has 1 aromatic carbocycles. The van der Waals surface area contributed by atoms with Crippen LogP contribution in [0.2, 0.25) is 0 Å². The van der Waals surface area contributed by atoms with Gasteiger partial charge in [0.15, 0.2) is 6.29 Å². The fourth-order valence-corrected chi connectivity index (χ4v) is 5.71. The first-order chi connectivity index (χ1) is 20.5. The quantitative estimate of drug-likeness (QED) is 0.147. The van der Waals surface area contributed by atoms with Crippen LogP contribution in [0.4, 0.5) is 0 Å². The predicted octanol–water partition coefficient (Wildman–Crippen LogP) is 0.208. The average molecular weight is 609 g/mol. The Hall–Kier alpha value is -3.04. The van der Waals surface area contributed by atoms with E-state index in [9.17, 15) is 40.2 Å². The highest BCUT2D eigenvalue weighted by Gasteiger charge is 2.54. The summed E-state index contributed by atoms with van der Waals surface area (Å²) in [6, 6.07) is 6.21. The van der Waals surface area contributed by atoms with Crippen molar-refractivity contribution >= 4 is 18.0 Å². The highest BCUT2D eigenvalue weighted by Crippen LogP contribution is 2.48. The zero-order chi connectivity index (χ0) is 31.3. The number of rotatable bonds is 11. The molecule has 2 aliphatic heterocycles. The molecule has 13 nitrogen and oxygen atoms in total. The van der Waals surface area contributed by atoms with Gasteiger partial charge in [0.05, 0.1) is 19.5 Å². The number of aliphatic hydroxyl groups excluding tert-OH is 5. The van der Waals surface area contributed by atoms with E-state index in [1.807, 2.05) is 13.8 Å². The van der Waals surface area contributed by atoms with E-state index in [0.29, 0.717) is 11.1 Å². The van der Waals surface area contributed by atoms with Gasteiger partial charge in [-0.15, -0.1) is 0 Å². The molecular formula is C30H40O13. The summed E-state index contributed by atoms with van der Waals surface area (Å²) < 4.78 is 28.3. The van der Waals surface area contributed by atoms with Crippen molar-refractivity contribution in [1.29, 1.82) is 0 Å². The van der Waals surface area contributed by atoms with Gasteiger partial charge in [0.25, 0.3) is 0 Å². The van der Waals surface area contributed by atoms with Crippen LogP contribution in [0.5, 0.6) is 5.75 Å². The van der Waals surface area contributed by atoms with Crippen molar-refractivity contribution in [2.24, 2.45) is 23.7 Å². The molecule has 238 valence electrons. The van der Waals surface area contributed by atoms with E-state index in [1.54, 1.807) is 12.1 Å². The number of ether oxygens (including phenoxy) is 5. The number of aromatic hydroxyl groups is 1. The zero-order valence-electron chi connectivity index (χ0n) is 24.0. The largest absolute Gasteiger partial charge is 0.508 e. The minimum absolute atomic E-state index is 0.0382. The lowest BCUT2D eigenvalue weighted by atomic mass is 9.83. The van der Waals surface area contributed by atoms with Gasteiger partial charge in [-0.3, -0.25) is 4.79 Å². The molecule has 2 fully saturated rings. The third kappa shape index (κ3) is 7.92. The van der Waals surface area contributed by atoms with E-state index >= 15 is 0 Å². The molecule has 1 saturated heterocycles. The topological polar surface area (TPSA) is 202 Å². The Balaban J connectivity index is 1.50. The van der Waals surface area contributed by atoms with Gasteiger partial charge in [0.1, 0.15) is 36.3 Å². The number of phenols is 1. The van der Waals surface area contributed by atoms with Crippen molar-refractivity contribution < 1.29 is 63.9 Å². The van der Waals surface area contributed by atoms with Crippen molar-refractivity contribution in [3.8, 4) is 5.75 Å². The first kappa shape index (κ1) is 32.9. The van der Waals surface area contributed by atoms with Crippen LogP contribution in [0, 0.1) is 23.7 Å². The summed E-state index contributed by atoms with van der Waals surface area (Å²) in [5.41, 5.74) is 1.20. The molecule has 0 unspecified atom stereocenters. The molecule has 1 saturated carbocycles. The maximum atomic E-state index is 12.7. The van der Waals surface area contributed by atoms with E-state index < -0.39 is 86.0 Å². The standard InChI is InChI=1S/C30H40O13/c1-15(2)9-24(35)43-29-25-19(17(13-39-29)14-40-30-28(38)27(37)26(36)22(12-32)42-30)10-21(20(25)11-31)41-23(34)8-5-16-3-6-18(33)7-4-16/h3-8,13,15,19-22,25-33,36-38H,9-12,14H2,1-2H3/b8-5+/t19-,20+,21+,22-,25+,26-,27+,28-,29+,30-/m1/s1. The number of hydrogen-bond donors (Lipinski definition) is 6. The normalized spacial score (nSPS) is 34.0. The van der Waals surface area contributed by atoms with Crippen LogP contribution in [0.15, 0.2) is 42.2 Å². The van der Waals surface area contributed by atoms with E-state index in [0.717, 1.165) is 0 Å². The van der Waals surface area contributed by atoms with Crippen LogP contribution in [0.25, 0.3) is 6.08 Å². The summed E-state index contributed by atoms with van der Waals surface area (Å²) in [6.45, 7) is 2.54. The predicted molar refractivity (Wildman–Crippen MR) is 147 cm³/mol. The summed E-state index contributed by atoms with van der Waals surface area (Å²) in [6.07, 6.45) is -4.63. The van der Waals surface area contributed by atoms with Gasteiger partial charge in [-0.05, 0) is 47.6 Å². The molecule has 3 aliphatic rings. The molecule has 10 atom stereocenters. The molecule has 4 rings (SSSR count). The Morgan fingerprint density at radius 3 is 2.37 bits per heavy atom. The lowest BCUT2D eigenvalue weighted by molar-refractivity contribution is -0.299. The lowest BCUT2D eigenvalue weighted by Gasteiger charge is -2.40. The molecule has 43 heavy (non-hydrogen) atoms. The van der Waals surface area contributed by atoms with Gasteiger partial charge in [0, 0.05) is 30.9 Å². The molecular weight excluding hydrogens is 568 g/mol. The second-order valence-electron chi connectivity index (χ2n) is 11.5. The number of aliphatic hydroxyl groups is 5. The summed E-state index contributed by atoms with van der Waals surface area (Å²) in [7, 11) is 0. The van der Waals surface area contributed by atoms with E-state index in [2.05, 4.69) is 0 Å². The molecule has 0 bridgehead atoms. The lowest BCUT2D eigenvalue weighted by Crippen LogP contribution is -2.59. The number of esters is 2. The van der Waals surface area contributed by atoms with E-state index in [4.69, 9.17) is 23.7 Å². The van der Waals surface area contributed by atoms with Crippen LogP contribution >= 0.6 is 0 Å². The minimum atomic E-state index is -1.62. The Bertz CT molecular complexity index is 1150. The van der Waals surface area contributed by atoms with Crippen molar-refractivity contribution in [3.05, 3.63) is 47.7 Å². The SMILES string of the molecule is CC(C)CC(=O)O[C@@H]1OC=C(CO[C@@H]2O[C@H](CO)[C@@H](O)[C@H](O)[C@H]2O)[C@H]2C[C@H](OC(=O)/C=C/c3ccc(O)cc3)[C@H](CO)[C@@H]12. The molecule has 1 aromatic rings. The van der Waals surface area contributed by atoms with Gasteiger partial charge in [-0.25, -0.2) is 4.79 Å². The average Bonchev–Trinajstić information content (AvgIpc) is 3.34. The second kappa shape index (κ2) is 14.6. The van der Waals surface area contributed by atoms with Gasteiger partial charge in [0.2, 0.25) is 6.29 Å². The summed E-state index contributed by atoms with van der Waals surface area (Å²) in [5, 5.41) is 59.8. The Morgan fingerprint density at radius 1 is 1.00 bits per heavy atom. The molecule has 1 aliphatic carbocycles. The Morgan fingerprint density at radius 2 is 1.72 bits per heavy atom. The van der Waals surface area contributed by atoms with Gasteiger partial charge >= 0.3 is 11.9 Å². The first-order valence-corrected chi connectivity index (χ1v) is 14.3. The number of phenolic OH excluding ortho intramolecular Hbond substituents is 1. The van der Waals surface area contributed by atoms with Crippen LogP contribution in [-0.4, -0.2) is 105 Å². The maximum Gasteiger partial charge on any atom is 0.331 e. The first-order valence-electron chi connectivity index (χ1n) is 14.3. The van der Waals surface area contributed by atoms with Crippen LogP contribution < -0.4 is 0 Å². The molecule has 13 heteroatoms.